The Morgan fingerprint density at radius 2 is 2.19 bits per heavy atom. The van der Waals surface area contributed by atoms with Crippen molar-refractivity contribution in [2.45, 2.75) is 32.9 Å². The van der Waals surface area contributed by atoms with Crippen LogP contribution in [0.4, 0.5) is 5.69 Å². The second kappa shape index (κ2) is 8.79. The normalized spacial score (nSPS) is 14.7. The van der Waals surface area contributed by atoms with Crippen LogP contribution in [0.25, 0.3) is 10.9 Å². The number of H-pyrrole nitrogens is 1. The molecule has 1 aliphatic rings. The number of allylic oxidation sites excluding steroid dienone is 2. The number of hydrogen-bond acceptors (Lipinski definition) is 6. The van der Waals surface area contributed by atoms with Gasteiger partial charge in [-0.25, -0.2) is 0 Å². The smallest absolute Gasteiger partial charge is 0.271 e. The number of nitrogens with one attached hydrogen (secondary N) is 6. The largest absolute Gasteiger partial charge is 0.365 e. The molecule has 0 saturated carbocycles. The number of fused-ring (bicyclic) bond motifs is 1. The van der Waals surface area contributed by atoms with Gasteiger partial charge in [0, 0.05) is 23.5 Å². The van der Waals surface area contributed by atoms with E-state index in [2.05, 4.69) is 43.9 Å². The van der Waals surface area contributed by atoms with Crippen molar-refractivity contribution in [1.82, 2.24) is 31.7 Å². The molecular formula is C19H25N7O. The van der Waals surface area contributed by atoms with Gasteiger partial charge in [0.2, 0.25) is 0 Å². The Morgan fingerprint density at radius 3 is 2.93 bits per heavy atom. The first-order valence-electron chi connectivity index (χ1n) is 9.05. The average Bonchev–Trinajstić information content (AvgIpc) is 3.15. The number of hydrazine groups is 1. The molecule has 142 valence electrons. The molecule has 1 aromatic heterocycles. The first-order valence-corrected chi connectivity index (χ1v) is 9.05. The number of aromatic amines is 1. The number of amides is 1. The third-order valence-electron chi connectivity index (χ3n) is 4.09. The lowest BCUT2D eigenvalue weighted by molar-refractivity contribution is -0.117. The highest BCUT2D eigenvalue weighted by atomic mass is 16.2. The summed E-state index contributed by atoms with van der Waals surface area (Å²) in [4.78, 5) is 12.6. The van der Waals surface area contributed by atoms with Crippen LogP contribution < -0.4 is 26.8 Å². The maximum absolute atomic E-state index is 12.6. The van der Waals surface area contributed by atoms with Gasteiger partial charge < -0.3 is 26.8 Å². The van der Waals surface area contributed by atoms with Gasteiger partial charge in [-0.1, -0.05) is 19.9 Å². The summed E-state index contributed by atoms with van der Waals surface area (Å²) in [5, 5.41) is 17.6. The lowest BCUT2D eigenvalue weighted by Crippen LogP contribution is -2.41. The van der Waals surface area contributed by atoms with Crippen LogP contribution in [0.2, 0.25) is 0 Å². The highest BCUT2D eigenvalue weighted by Gasteiger charge is 2.15. The van der Waals surface area contributed by atoms with E-state index in [0.717, 1.165) is 29.4 Å². The summed E-state index contributed by atoms with van der Waals surface area (Å²) < 4.78 is 0. The Bertz CT molecular complexity index is 881. The zero-order valence-electron chi connectivity index (χ0n) is 15.5. The third-order valence-corrected chi connectivity index (χ3v) is 4.09. The lowest BCUT2D eigenvalue weighted by atomic mass is 10.2. The van der Waals surface area contributed by atoms with E-state index in [0.29, 0.717) is 11.4 Å². The minimum atomic E-state index is -0.179. The summed E-state index contributed by atoms with van der Waals surface area (Å²) >= 11 is 0. The number of nitrogens with zero attached hydrogens (tertiary/aromatic N) is 1. The number of carbonyl (C=O) groups excluding carboxylic acids is 1. The molecule has 3 rings (SSSR count). The van der Waals surface area contributed by atoms with Gasteiger partial charge in [-0.15, -0.1) is 0 Å². The van der Waals surface area contributed by atoms with E-state index in [1.165, 1.54) is 0 Å². The first-order chi connectivity index (χ1) is 13.2. The molecule has 8 heteroatoms. The maximum Gasteiger partial charge on any atom is 0.271 e. The number of aromatic nitrogens is 2. The topological polar surface area (TPSA) is 106 Å². The van der Waals surface area contributed by atoms with Gasteiger partial charge in [0.05, 0.1) is 29.3 Å². The predicted molar refractivity (Wildman–Crippen MR) is 107 cm³/mol. The van der Waals surface area contributed by atoms with Gasteiger partial charge in [-0.05, 0) is 37.1 Å². The van der Waals surface area contributed by atoms with Crippen LogP contribution >= 0.6 is 0 Å². The summed E-state index contributed by atoms with van der Waals surface area (Å²) in [6, 6.07) is 6.00. The zero-order valence-corrected chi connectivity index (χ0v) is 15.5. The monoisotopic (exact) mass is 367 g/mol. The molecule has 1 atom stereocenters. The third kappa shape index (κ3) is 4.81. The van der Waals surface area contributed by atoms with Crippen molar-refractivity contribution in [2.24, 2.45) is 0 Å². The molecule has 6 N–H and O–H groups in total. The Labute approximate surface area is 158 Å². The summed E-state index contributed by atoms with van der Waals surface area (Å²) in [6.45, 7) is 4.06. The van der Waals surface area contributed by atoms with Gasteiger partial charge in [0.15, 0.2) is 0 Å². The summed E-state index contributed by atoms with van der Waals surface area (Å²) in [5.41, 5.74) is 8.83. The minimum absolute atomic E-state index is 0.0893. The zero-order chi connectivity index (χ0) is 19.1. The van der Waals surface area contributed by atoms with Crippen LogP contribution in [0.15, 0.2) is 60.3 Å². The minimum Gasteiger partial charge on any atom is -0.365 e. The first kappa shape index (κ1) is 18.4. The van der Waals surface area contributed by atoms with E-state index in [1.807, 2.05) is 31.2 Å². The van der Waals surface area contributed by atoms with Gasteiger partial charge in [0.1, 0.15) is 0 Å². The van der Waals surface area contributed by atoms with Crippen molar-refractivity contribution in [3.8, 4) is 0 Å². The number of carbonyl (C=O) groups is 1. The van der Waals surface area contributed by atoms with Gasteiger partial charge in [-0.2, -0.15) is 5.10 Å². The molecule has 0 aliphatic carbocycles. The molecule has 0 spiro atoms. The molecule has 0 radical (unpaired) electrons. The number of hydrogen-bond donors (Lipinski definition) is 6. The van der Waals surface area contributed by atoms with E-state index in [1.54, 1.807) is 24.7 Å². The molecule has 27 heavy (non-hydrogen) atoms. The number of benzene rings is 1. The highest BCUT2D eigenvalue weighted by Crippen LogP contribution is 2.18. The summed E-state index contributed by atoms with van der Waals surface area (Å²) in [5.74, 6) is -0.179. The van der Waals surface area contributed by atoms with Crippen LogP contribution in [0, 0.1) is 0 Å². The molecule has 1 aromatic carbocycles. The fraction of sp³-hybridized carbons (Fsp3) is 0.263. The van der Waals surface area contributed by atoms with Crippen molar-refractivity contribution in [1.29, 1.82) is 0 Å². The molecule has 1 amide bonds. The highest BCUT2D eigenvalue weighted by molar-refractivity contribution is 5.94. The number of anilines is 1. The maximum atomic E-state index is 12.6. The van der Waals surface area contributed by atoms with Crippen LogP contribution in [-0.4, -0.2) is 22.3 Å². The molecule has 0 saturated heterocycles. The van der Waals surface area contributed by atoms with Crippen molar-refractivity contribution < 1.29 is 4.79 Å². The van der Waals surface area contributed by atoms with Crippen LogP contribution in [0.3, 0.4) is 0 Å². The van der Waals surface area contributed by atoms with Gasteiger partial charge >= 0.3 is 0 Å². The lowest BCUT2D eigenvalue weighted by Gasteiger charge is -2.23. The average molecular weight is 367 g/mol. The molecule has 2 aromatic rings. The Morgan fingerprint density at radius 1 is 1.30 bits per heavy atom. The van der Waals surface area contributed by atoms with E-state index in [9.17, 15) is 4.79 Å². The Hall–Kier alpha value is -3.42. The molecule has 2 heterocycles. The second-order valence-electron chi connectivity index (χ2n) is 6.12. The number of rotatable bonds is 8. The Kier molecular flexibility index (Phi) is 5.98. The molecular weight excluding hydrogens is 342 g/mol. The van der Waals surface area contributed by atoms with Crippen LogP contribution in [0.5, 0.6) is 0 Å². The second-order valence-corrected chi connectivity index (χ2v) is 6.12. The molecule has 0 bridgehead atoms. The summed E-state index contributed by atoms with van der Waals surface area (Å²) in [6.07, 6.45) is 10.3. The molecule has 1 unspecified atom stereocenters. The van der Waals surface area contributed by atoms with E-state index in [-0.39, 0.29) is 12.1 Å². The van der Waals surface area contributed by atoms with Crippen LogP contribution in [-0.2, 0) is 4.79 Å². The van der Waals surface area contributed by atoms with Gasteiger partial charge in [0.25, 0.3) is 5.91 Å². The predicted octanol–water partition coefficient (Wildman–Crippen LogP) is 2.17. The van der Waals surface area contributed by atoms with Crippen molar-refractivity contribution >= 4 is 22.5 Å². The van der Waals surface area contributed by atoms with E-state index in [4.69, 9.17) is 0 Å². The molecule has 1 aliphatic heterocycles. The summed E-state index contributed by atoms with van der Waals surface area (Å²) in [7, 11) is 0. The molecule has 8 nitrogen and oxygen atoms in total. The quantitative estimate of drug-likeness (QED) is 0.316. The van der Waals surface area contributed by atoms with Crippen molar-refractivity contribution in [2.75, 3.05) is 5.32 Å². The fourth-order valence-corrected chi connectivity index (χ4v) is 2.71. The van der Waals surface area contributed by atoms with E-state index < -0.39 is 0 Å². The van der Waals surface area contributed by atoms with Gasteiger partial charge in [-0.3, -0.25) is 9.89 Å². The van der Waals surface area contributed by atoms with Crippen molar-refractivity contribution in [3.05, 3.63) is 60.3 Å². The standard InChI is InChI=1S/C19H25N7O/c1-3-5-17(19(27)24-15-8-9-20-21-12-15)25-18(4-2)23-14-6-7-16-13(10-14)11-22-26-16/h5-12,18,20-21,23,25H,3-4H2,1-2H3,(H,22,26)(H,24,27)/b17-5-. The van der Waals surface area contributed by atoms with E-state index >= 15 is 0 Å². The fourth-order valence-electron chi connectivity index (χ4n) is 2.71. The Balaban J connectivity index is 1.67. The molecule has 0 fully saturated rings. The van der Waals surface area contributed by atoms with Crippen molar-refractivity contribution in [3.63, 3.8) is 0 Å². The SMILES string of the molecule is CC/C=C(\NC(CC)Nc1ccc2[nH]ncc2c1)C(=O)NC1=CNNC=C1. The van der Waals surface area contributed by atoms with Crippen LogP contribution in [0.1, 0.15) is 26.7 Å².